The van der Waals surface area contributed by atoms with Gasteiger partial charge in [0.2, 0.25) is 0 Å². The second kappa shape index (κ2) is 7.59. The summed E-state index contributed by atoms with van der Waals surface area (Å²) < 4.78 is 9.99. The van der Waals surface area contributed by atoms with Crippen molar-refractivity contribution in [1.29, 1.82) is 0 Å². The maximum atomic E-state index is 11.4. The first kappa shape index (κ1) is 15.2. The molecule has 0 amide bonds. The van der Waals surface area contributed by atoms with Gasteiger partial charge >= 0.3 is 5.97 Å². The number of carbonyl (C=O) groups excluding carboxylic acids is 1. The molecule has 0 bridgehead atoms. The van der Waals surface area contributed by atoms with Crippen molar-refractivity contribution in [3.05, 3.63) is 42.0 Å². The lowest BCUT2D eigenvalue weighted by Gasteiger charge is -2.15. The quantitative estimate of drug-likeness (QED) is 0.606. The van der Waals surface area contributed by atoms with Gasteiger partial charge < -0.3 is 14.8 Å². The Balaban J connectivity index is 2.48. The van der Waals surface area contributed by atoms with Gasteiger partial charge in [0.15, 0.2) is 0 Å². The van der Waals surface area contributed by atoms with Crippen LogP contribution in [0.25, 0.3) is 0 Å². The van der Waals surface area contributed by atoms with Crippen molar-refractivity contribution in [1.82, 2.24) is 5.32 Å². The highest BCUT2D eigenvalue weighted by atomic mass is 16.5. The molecule has 0 saturated heterocycles. The molecule has 19 heavy (non-hydrogen) atoms. The molecule has 0 heterocycles. The Morgan fingerprint density at radius 3 is 2.53 bits per heavy atom. The maximum absolute atomic E-state index is 11.4. The van der Waals surface area contributed by atoms with Gasteiger partial charge in [0.1, 0.15) is 5.75 Å². The number of benzene rings is 1. The molecule has 104 valence electrons. The van der Waals surface area contributed by atoms with E-state index in [0.29, 0.717) is 18.7 Å². The minimum atomic E-state index is -0.350. The third kappa shape index (κ3) is 4.75. The van der Waals surface area contributed by atoms with Gasteiger partial charge in [-0.25, -0.2) is 4.79 Å². The molecular formula is C15H21NO3. The molecule has 1 aromatic carbocycles. The SMILES string of the molecule is C=C(CN[C@H](C)c1ccc(OC)cc1)C(=O)OCC. The van der Waals surface area contributed by atoms with E-state index in [1.54, 1.807) is 14.0 Å². The monoisotopic (exact) mass is 263 g/mol. The summed E-state index contributed by atoms with van der Waals surface area (Å²) in [4.78, 5) is 11.4. The number of ether oxygens (including phenoxy) is 2. The number of nitrogens with one attached hydrogen (secondary N) is 1. The Hall–Kier alpha value is -1.81. The second-order valence-electron chi connectivity index (χ2n) is 4.20. The van der Waals surface area contributed by atoms with Crippen molar-refractivity contribution in [3.63, 3.8) is 0 Å². The molecule has 0 aliphatic carbocycles. The zero-order valence-corrected chi connectivity index (χ0v) is 11.7. The number of esters is 1. The summed E-state index contributed by atoms with van der Waals surface area (Å²) in [6, 6.07) is 7.92. The summed E-state index contributed by atoms with van der Waals surface area (Å²) in [5.74, 6) is 0.476. The van der Waals surface area contributed by atoms with Crippen LogP contribution < -0.4 is 10.1 Å². The zero-order valence-electron chi connectivity index (χ0n) is 11.7. The molecule has 1 rings (SSSR count). The zero-order chi connectivity index (χ0) is 14.3. The van der Waals surface area contributed by atoms with E-state index in [1.807, 2.05) is 31.2 Å². The lowest BCUT2D eigenvalue weighted by atomic mass is 10.1. The molecule has 1 N–H and O–H groups in total. The van der Waals surface area contributed by atoms with Gasteiger partial charge in [-0.1, -0.05) is 18.7 Å². The lowest BCUT2D eigenvalue weighted by molar-refractivity contribution is -0.138. The average Bonchev–Trinajstić information content (AvgIpc) is 2.44. The van der Waals surface area contributed by atoms with Gasteiger partial charge in [0.05, 0.1) is 13.7 Å². The minimum Gasteiger partial charge on any atom is -0.497 e. The third-order valence-corrected chi connectivity index (χ3v) is 2.80. The van der Waals surface area contributed by atoms with Gasteiger partial charge in [0.25, 0.3) is 0 Å². The fourth-order valence-electron chi connectivity index (χ4n) is 1.59. The maximum Gasteiger partial charge on any atom is 0.334 e. The molecule has 0 aliphatic rings. The van der Waals surface area contributed by atoms with E-state index in [-0.39, 0.29) is 12.0 Å². The molecule has 0 fully saturated rings. The Labute approximate surface area is 114 Å². The highest BCUT2D eigenvalue weighted by Gasteiger charge is 2.10. The number of rotatable bonds is 7. The first-order chi connectivity index (χ1) is 9.08. The fraction of sp³-hybridized carbons (Fsp3) is 0.400. The van der Waals surface area contributed by atoms with Gasteiger partial charge in [-0.05, 0) is 31.5 Å². The summed E-state index contributed by atoms with van der Waals surface area (Å²) in [7, 11) is 1.64. The Morgan fingerprint density at radius 2 is 2.00 bits per heavy atom. The van der Waals surface area contributed by atoms with Crippen LogP contribution in [0.2, 0.25) is 0 Å². The van der Waals surface area contributed by atoms with Gasteiger partial charge in [-0.3, -0.25) is 0 Å². The van der Waals surface area contributed by atoms with Crippen molar-refractivity contribution < 1.29 is 14.3 Å². The van der Waals surface area contributed by atoms with Gasteiger partial charge in [0, 0.05) is 18.2 Å². The first-order valence-electron chi connectivity index (χ1n) is 6.30. The number of hydrogen-bond acceptors (Lipinski definition) is 4. The minimum absolute atomic E-state index is 0.122. The van der Waals surface area contributed by atoms with Crippen LogP contribution in [-0.2, 0) is 9.53 Å². The van der Waals surface area contributed by atoms with Gasteiger partial charge in [-0.2, -0.15) is 0 Å². The predicted octanol–water partition coefficient (Wildman–Crippen LogP) is 2.47. The predicted molar refractivity (Wildman–Crippen MR) is 75.2 cm³/mol. The molecule has 0 unspecified atom stereocenters. The van der Waals surface area contributed by atoms with Crippen molar-refractivity contribution in [2.75, 3.05) is 20.3 Å². The topological polar surface area (TPSA) is 47.6 Å². The Morgan fingerprint density at radius 1 is 1.37 bits per heavy atom. The molecular weight excluding hydrogens is 242 g/mol. The van der Waals surface area contributed by atoms with Crippen molar-refractivity contribution in [2.24, 2.45) is 0 Å². The second-order valence-corrected chi connectivity index (χ2v) is 4.20. The molecule has 4 heteroatoms. The molecule has 0 spiro atoms. The van der Waals surface area contributed by atoms with E-state index < -0.39 is 0 Å². The number of methoxy groups -OCH3 is 1. The van der Waals surface area contributed by atoms with Crippen LogP contribution >= 0.6 is 0 Å². The largest absolute Gasteiger partial charge is 0.497 e. The van der Waals surface area contributed by atoms with Crippen LogP contribution in [0, 0.1) is 0 Å². The van der Waals surface area contributed by atoms with E-state index in [1.165, 1.54) is 0 Å². The summed E-state index contributed by atoms with van der Waals surface area (Å²) in [5.41, 5.74) is 1.56. The van der Waals surface area contributed by atoms with Crippen molar-refractivity contribution in [2.45, 2.75) is 19.9 Å². The van der Waals surface area contributed by atoms with E-state index in [2.05, 4.69) is 11.9 Å². The summed E-state index contributed by atoms with van der Waals surface area (Å²) in [6.45, 7) is 8.29. The smallest absolute Gasteiger partial charge is 0.334 e. The summed E-state index contributed by atoms with van der Waals surface area (Å²) >= 11 is 0. The van der Waals surface area contributed by atoms with Crippen LogP contribution in [0.15, 0.2) is 36.4 Å². The van der Waals surface area contributed by atoms with E-state index in [4.69, 9.17) is 9.47 Å². The molecule has 1 aromatic rings. The van der Waals surface area contributed by atoms with Gasteiger partial charge in [-0.15, -0.1) is 0 Å². The molecule has 0 aromatic heterocycles. The van der Waals surface area contributed by atoms with E-state index in [0.717, 1.165) is 11.3 Å². The Bertz CT molecular complexity index is 426. The number of carbonyl (C=O) groups is 1. The standard InChI is InChI=1S/C15H21NO3/c1-5-19-15(17)11(2)10-16-12(3)13-6-8-14(18-4)9-7-13/h6-9,12,16H,2,5,10H2,1,3-4H3/t12-/m1/s1. The molecule has 0 saturated carbocycles. The van der Waals surface area contributed by atoms with Crippen molar-refractivity contribution in [3.8, 4) is 5.75 Å². The molecule has 0 radical (unpaired) electrons. The van der Waals surface area contributed by atoms with E-state index >= 15 is 0 Å². The summed E-state index contributed by atoms with van der Waals surface area (Å²) in [5, 5.41) is 3.23. The normalized spacial score (nSPS) is 11.7. The lowest BCUT2D eigenvalue weighted by Crippen LogP contribution is -2.24. The highest BCUT2D eigenvalue weighted by molar-refractivity contribution is 5.88. The Kier molecular flexibility index (Phi) is 6.09. The number of hydrogen-bond donors (Lipinski definition) is 1. The molecule has 1 atom stereocenters. The molecule has 0 aliphatic heterocycles. The summed E-state index contributed by atoms with van der Waals surface area (Å²) in [6.07, 6.45) is 0. The third-order valence-electron chi connectivity index (χ3n) is 2.80. The van der Waals surface area contributed by atoms with Crippen LogP contribution in [-0.4, -0.2) is 26.2 Å². The molecule has 4 nitrogen and oxygen atoms in total. The van der Waals surface area contributed by atoms with Crippen LogP contribution in [0.1, 0.15) is 25.5 Å². The first-order valence-corrected chi connectivity index (χ1v) is 6.30. The van der Waals surface area contributed by atoms with Crippen molar-refractivity contribution >= 4 is 5.97 Å². The van der Waals surface area contributed by atoms with Crippen LogP contribution in [0.5, 0.6) is 5.75 Å². The van der Waals surface area contributed by atoms with E-state index in [9.17, 15) is 4.79 Å². The van der Waals surface area contributed by atoms with Crippen LogP contribution in [0.3, 0.4) is 0 Å². The average molecular weight is 263 g/mol. The fourth-order valence-corrected chi connectivity index (χ4v) is 1.59. The van der Waals surface area contributed by atoms with Crippen LogP contribution in [0.4, 0.5) is 0 Å². The highest BCUT2D eigenvalue weighted by Crippen LogP contribution is 2.17.